The fraction of sp³-hybridized carbons (Fsp3) is 0.308. The SMILES string of the molecule is CN=C(NCCCCn1ccccc1=O)NCC(Cc1ccccc1)c1ccccc1. The topological polar surface area (TPSA) is 58.4 Å². The first-order chi connectivity index (χ1) is 15.3. The van der Waals surface area contributed by atoms with Gasteiger partial charge in [-0.15, -0.1) is 0 Å². The van der Waals surface area contributed by atoms with Gasteiger partial charge in [0.05, 0.1) is 0 Å². The molecule has 5 heteroatoms. The maximum absolute atomic E-state index is 11.8. The minimum atomic E-state index is 0.0540. The second kappa shape index (κ2) is 12.4. The lowest BCUT2D eigenvalue weighted by atomic mass is 9.92. The molecular weight excluding hydrogens is 384 g/mol. The van der Waals surface area contributed by atoms with Crippen LogP contribution in [0.25, 0.3) is 0 Å². The van der Waals surface area contributed by atoms with Gasteiger partial charge in [-0.2, -0.15) is 0 Å². The van der Waals surface area contributed by atoms with Crippen molar-refractivity contribution < 1.29 is 0 Å². The Balaban J connectivity index is 1.47. The summed E-state index contributed by atoms with van der Waals surface area (Å²) in [6, 6.07) is 26.5. The van der Waals surface area contributed by atoms with E-state index in [9.17, 15) is 4.79 Å². The lowest BCUT2D eigenvalue weighted by Gasteiger charge is -2.20. The first-order valence-corrected chi connectivity index (χ1v) is 10.9. The molecule has 5 nitrogen and oxygen atoms in total. The third-order valence-corrected chi connectivity index (χ3v) is 5.35. The van der Waals surface area contributed by atoms with Crippen molar-refractivity contribution in [2.24, 2.45) is 4.99 Å². The van der Waals surface area contributed by atoms with Gasteiger partial charge >= 0.3 is 0 Å². The second-order valence-corrected chi connectivity index (χ2v) is 7.62. The molecule has 0 bridgehead atoms. The maximum atomic E-state index is 11.8. The standard InChI is InChI=1S/C26H32N4O/c1-27-26(28-17-9-11-19-30-18-10-8-16-25(30)31)29-21-24(23-14-6-3-7-15-23)20-22-12-4-2-5-13-22/h2-8,10,12-16,18,24H,9,11,17,19-21H2,1H3,(H2,27,28,29). The largest absolute Gasteiger partial charge is 0.356 e. The summed E-state index contributed by atoms with van der Waals surface area (Å²) in [5.41, 5.74) is 2.71. The first kappa shape index (κ1) is 22.3. The van der Waals surface area contributed by atoms with Crippen molar-refractivity contribution in [2.45, 2.75) is 31.7 Å². The van der Waals surface area contributed by atoms with Gasteiger partial charge in [-0.1, -0.05) is 66.7 Å². The van der Waals surface area contributed by atoms with Crippen molar-refractivity contribution in [2.75, 3.05) is 20.1 Å². The van der Waals surface area contributed by atoms with E-state index in [1.807, 2.05) is 12.3 Å². The van der Waals surface area contributed by atoms with Crippen LogP contribution in [0.5, 0.6) is 0 Å². The molecule has 2 aromatic carbocycles. The van der Waals surface area contributed by atoms with Gasteiger partial charge in [0.2, 0.25) is 5.56 Å². The minimum absolute atomic E-state index is 0.0540. The maximum Gasteiger partial charge on any atom is 0.250 e. The highest BCUT2D eigenvalue weighted by Gasteiger charge is 2.13. The normalized spacial score (nSPS) is 12.4. The predicted molar refractivity (Wildman–Crippen MR) is 129 cm³/mol. The van der Waals surface area contributed by atoms with Crippen LogP contribution >= 0.6 is 0 Å². The Kier molecular flexibility index (Phi) is 8.92. The number of aryl methyl sites for hydroxylation is 1. The van der Waals surface area contributed by atoms with Gasteiger partial charge in [0.15, 0.2) is 5.96 Å². The summed E-state index contributed by atoms with van der Waals surface area (Å²) in [6.45, 7) is 2.36. The van der Waals surface area contributed by atoms with E-state index in [0.29, 0.717) is 5.92 Å². The molecule has 0 aliphatic rings. The predicted octanol–water partition coefficient (Wildman–Crippen LogP) is 3.82. The molecule has 1 unspecified atom stereocenters. The Hall–Kier alpha value is -3.34. The monoisotopic (exact) mass is 416 g/mol. The smallest absolute Gasteiger partial charge is 0.250 e. The molecule has 0 fully saturated rings. The van der Waals surface area contributed by atoms with Crippen LogP contribution in [0.2, 0.25) is 0 Å². The average Bonchev–Trinajstić information content (AvgIpc) is 2.82. The van der Waals surface area contributed by atoms with Crippen LogP contribution in [0, 0.1) is 0 Å². The Labute approximate surface area is 184 Å². The highest BCUT2D eigenvalue weighted by Crippen LogP contribution is 2.20. The van der Waals surface area contributed by atoms with Gasteiger partial charge in [0, 0.05) is 44.9 Å². The van der Waals surface area contributed by atoms with E-state index in [1.54, 1.807) is 23.7 Å². The number of rotatable bonds is 10. The van der Waals surface area contributed by atoms with Crippen LogP contribution < -0.4 is 16.2 Å². The van der Waals surface area contributed by atoms with Crippen molar-refractivity contribution in [3.63, 3.8) is 0 Å². The summed E-state index contributed by atoms with van der Waals surface area (Å²) >= 11 is 0. The van der Waals surface area contributed by atoms with Crippen LogP contribution in [0.3, 0.4) is 0 Å². The lowest BCUT2D eigenvalue weighted by Crippen LogP contribution is -2.40. The summed E-state index contributed by atoms with van der Waals surface area (Å²) in [5.74, 6) is 1.16. The molecule has 0 aliphatic carbocycles. The van der Waals surface area contributed by atoms with Gasteiger partial charge in [-0.25, -0.2) is 0 Å². The van der Waals surface area contributed by atoms with E-state index in [2.05, 4.69) is 76.3 Å². The Morgan fingerprint density at radius 3 is 2.32 bits per heavy atom. The molecule has 1 aromatic heterocycles. The number of unbranched alkanes of at least 4 members (excludes halogenated alkanes) is 1. The second-order valence-electron chi connectivity index (χ2n) is 7.62. The van der Waals surface area contributed by atoms with Gasteiger partial charge in [-0.3, -0.25) is 9.79 Å². The number of aliphatic imine (C=N–C) groups is 1. The zero-order valence-corrected chi connectivity index (χ0v) is 18.2. The number of nitrogens with one attached hydrogen (secondary N) is 2. The van der Waals surface area contributed by atoms with E-state index >= 15 is 0 Å². The lowest BCUT2D eigenvalue weighted by molar-refractivity contribution is 0.582. The van der Waals surface area contributed by atoms with Crippen molar-refractivity contribution >= 4 is 5.96 Å². The fourth-order valence-electron chi connectivity index (χ4n) is 3.63. The molecule has 1 atom stereocenters. The summed E-state index contributed by atoms with van der Waals surface area (Å²) in [6.07, 6.45) is 4.72. The molecule has 1 heterocycles. The highest BCUT2D eigenvalue weighted by molar-refractivity contribution is 5.79. The molecule has 0 spiro atoms. The van der Waals surface area contributed by atoms with Crippen molar-refractivity contribution in [1.82, 2.24) is 15.2 Å². The molecule has 3 aromatic rings. The molecule has 0 amide bonds. The number of pyridine rings is 1. The zero-order valence-electron chi connectivity index (χ0n) is 18.2. The highest BCUT2D eigenvalue weighted by atomic mass is 16.1. The van der Waals surface area contributed by atoms with Gasteiger partial charge in [-0.05, 0) is 36.5 Å². The summed E-state index contributed by atoms with van der Waals surface area (Å²) < 4.78 is 1.75. The Morgan fingerprint density at radius 1 is 0.903 bits per heavy atom. The Bertz CT molecular complexity index is 983. The minimum Gasteiger partial charge on any atom is -0.356 e. The van der Waals surface area contributed by atoms with Gasteiger partial charge < -0.3 is 15.2 Å². The van der Waals surface area contributed by atoms with E-state index < -0.39 is 0 Å². The van der Waals surface area contributed by atoms with Crippen molar-refractivity contribution in [1.29, 1.82) is 0 Å². The number of nitrogens with zero attached hydrogens (tertiary/aromatic N) is 2. The van der Waals surface area contributed by atoms with Crippen molar-refractivity contribution in [3.8, 4) is 0 Å². The first-order valence-electron chi connectivity index (χ1n) is 10.9. The third-order valence-electron chi connectivity index (χ3n) is 5.35. The number of benzene rings is 2. The molecule has 2 N–H and O–H groups in total. The van der Waals surface area contributed by atoms with Gasteiger partial charge in [0.25, 0.3) is 0 Å². The molecule has 3 rings (SSSR count). The van der Waals surface area contributed by atoms with Crippen LogP contribution in [0.15, 0.2) is 94.8 Å². The van der Waals surface area contributed by atoms with Crippen molar-refractivity contribution in [3.05, 3.63) is 107 Å². The Morgan fingerprint density at radius 2 is 1.61 bits per heavy atom. The third kappa shape index (κ3) is 7.45. The molecule has 0 saturated heterocycles. The van der Waals surface area contributed by atoms with Crippen LogP contribution in [-0.4, -0.2) is 30.7 Å². The van der Waals surface area contributed by atoms with Crippen LogP contribution in [0.1, 0.15) is 29.9 Å². The average molecular weight is 417 g/mol. The van der Waals surface area contributed by atoms with Gasteiger partial charge in [0.1, 0.15) is 0 Å². The van der Waals surface area contributed by atoms with E-state index in [1.165, 1.54) is 11.1 Å². The quantitative estimate of drug-likeness (QED) is 0.300. The molecule has 0 saturated carbocycles. The molecule has 31 heavy (non-hydrogen) atoms. The van der Waals surface area contributed by atoms with Crippen LogP contribution in [0.4, 0.5) is 0 Å². The number of hydrogen-bond donors (Lipinski definition) is 2. The number of aromatic nitrogens is 1. The molecule has 0 aliphatic heterocycles. The van der Waals surface area contributed by atoms with Crippen LogP contribution in [-0.2, 0) is 13.0 Å². The zero-order chi connectivity index (χ0) is 21.7. The molecule has 0 radical (unpaired) electrons. The molecule has 162 valence electrons. The van der Waals surface area contributed by atoms with E-state index in [-0.39, 0.29) is 5.56 Å². The van der Waals surface area contributed by atoms with E-state index in [0.717, 1.165) is 44.9 Å². The summed E-state index contributed by atoms with van der Waals surface area (Å²) in [7, 11) is 1.80. The molecular formula is C26H32N4O. The summed E-state index contributed by atoms with van der Waals surface area (Å²) in [5, 5.41) is 6.88. The number of hydrogen-bond acceptors (Lipinski definition) is 2. The fourth-order valence-corrected chi connectivity index (χ4v) is 3.63. The summed E-state index contributed by atoms with van der Waals surface area (Å²) in [4.78, 5) is 16.1. The number of guanidine groups is 1. The van der Waals surface area contributed by atoms with E-state index in [4.69, 9.17) is 0 Å².